The minimum atomic E-state index is -0.339. The number of rotatable bonds is 4. The molecule has 2 aliphatic heterocycles. The van der Waals surface area contributed by atoms with Gasteiger partial charge in [-0.3, -0.25) is 4.79 Å². The molecule has 108 valence electrons. The summed E-state index contributed by atoms with van der Waals surface area (Å²) < 4.78 is 0. The molecule has 2 heterocycles. The number of hydrogen-bond acceptors (Lipinski definition) is 2. The zero-order chi connectivity index (χ0) is 13.8. The lowest BCUT2D eigenvalue weighted by molar-refractivity contribution is -0.142. The Labute approximate surface area is 116 Å². The average Bonchev–Trinajstić information content (AvgIpc) is 2.38. The van der Waals surface area contributed by atoms with Gasteiger partial charge in [-0.1, -0.05) is 26.0 Å². The molecule has 2 aliphatic rings. The van der Waals surface area contributed by atoms with E-state index in [-0.39, 0.29) is 6.10 Å². The van der Waals surface area contributed by atoms with Crippen LogP contribution in [0.25, 0.3) is 0 Å². The Morgan fingerprint density at radius 1 is 1.47 bits per heavy atom. The lowest BCUT2D eigenvalue weighted by Crippen LogP contribution is -2.53. The second-order valence-electron chi connectivity index (χ2n) is 6.22. The van der Waals surface area contributed by atoms with E-state index in [0.717, 1.165) is 32.1 Å². The molecule has 2 rings (SSSR count). The van der Waals surface area contributed by atoms with E-state index in [9.17, 15) is 9.90 Å². The number of piperidine rings is 2. The third-order valence-electron chi connectivity index (χ3n) is 4.54. The van der Waals surface area contributed by atoms with Gasteiger partial charge in [-0.25, -0.2) is 0 Å². The molecule has 1 N–H and O–H groups in total. The molecule has 1 unspecified atom stereocenters. The summed E-state index contributed by atoms with van der Waals surface area (Å²) in [6.45, 7) is 4.27. The number of aliphatic hydroxyl groups excluding tert-OH is 1. The second-order valence-corrected chi connectivity index (χ2v) is 6.22. The number of carbonyl (C=O) groups excluding carboxylic acids is 1. The first kappa shape index (κ1) is 14.6. The van der Waals surface area contributed by atoms with Crippen LogP contribution in [0.1, 0.15) is 58.8 Å². The Balaban J connectivity index is 1.99. The van der Waals surface area contributed by atoms with E-state index in [1.807, 2.05) is 13.0 Å². The first-order chi connectivity index (χ1) is 9.11. The Kier molecular flexibility index (Phi) is 5.03. The lowest BCUT2D eigenvalue weighted by atomic mass is 9.81. The molecule has 1 amide bonds. The van der Waals surface area contributed by atoms with Gasteiger partial charge in [-0.2, -0.15) is 0 Å². The molecule has 0 saturated carbocycles. The van der Waals surface area contributed by atoms with Gasteiger partial charge >= 0.3 is 0 Å². The molecule has 19 heavy (non-hydrogen) atoms. The Bertz CT molecular complexity index is 340. The van der Waals surface area contributed by atoms with Gasteiger partial charge in [-0.05, 0) is 44.4 Å². The zero-order valence-electron chi connectivity index (χ0n) is 12.2. The van der Waals surface area contributed by atoms with Gasteiger partial charge in [0.05, 0.1) is 6.10 Å². The predicted octanol–water partition coefficient (Wildman–Crippen LogP) is 2.88. The van der Waals surface area contributed by atoms with Gasteiger partial charge in [0.15, 0.2) is 0 Å². The number of hydrogen-bond donors (Lipinski definition) is 1. The molecular formula is C16H27NO2. The first-order valence-electron chi connectivity index (χ1n) is 7.77. The Morgan fingerprint density at radius 2 is 2.26 bits per heavy atom. The maximum absolute atomic E-state index is 12.2. The van der Waals surface area contributed by atoms with E-state index >= 15 is 0 Å². The van der Waals surface area contributed by atoms with Crippen LogP contribution in [-0.4, -0.2) is 34.1 Å². The monoisotopic (exact) mass is 265 g/mol. The third-order valence-corrected chi connectivity index (χ3v) is 4.54. The summed E-state index contributed by atoms with van der Waals surface area (Å²) in [6.07, 6.45) is 10.5. The molecule has 3 heteroatoms. The van der Waals surface area contributed by atoms with Crippen molar-refractivity contribution >= 4 is 5.91 Å². The van der Waals surface area contributed by atoms with Gasteiger partial charge < -0.3 is 10.0 Å². The fourth-order valence-corrected chi connectivity index (χ4v) is 3.57. The van der Waals surface area contributed by atoms with Gasteiger partial charge in [0, 0.05) is 18.5 Å². The van der Waals surface area contributed by atoms with Gasteiger partial charge in [0.1, 0.15) is 0 Å². The topological polar surface area (TPSA) is 40.5 Å². The fourth-order valence-electron chi connectivity index (χ4n) is 3.57. The Morgan fingerprint density at radius 3 is 3.00 bits per heavy atom. The minimum Gasteiger partial charge on any atom is -0.389 e. The van der Waals surface area contributed by atoms with Crippen molar-refractivity contribution < 1.29 is 9.90 Å². The molecule has 0 aliphatic carbocycles. The van der Waals surface area contributed by atoms with E-state index in [1.165, 1.54) is 12.8 Å². The van der Waals surface area contributed by atoms with Crippen molar-refractivity contribution in [2.24, 2.45) is 5.92 Å². The van der Waals surface area contributed by atoms with Gasteiger partial charge in [0.25, 0.3) is 0 Å². The molecule has 2 saturated heterocycles. The first-order valence-corrected chi connectivity index (χ1v) is 7.77. The normalized spacial score (nSPS) is 33.5. The molecular weight excluding hydrogens is 238 g/mol. The van der Waals surface area contributed by atoms with Crippen LogP contribution in [0, 0.1) is 5.92 Å². The van der Waals surface area contributed by atoms with E-state index in [1.54, 1.807) is 0 Å². The molecule has 2 fully saturated rings. The van der Waals surface area contributed by atoms with Crippen molar-refractivity contribution in [2.45, 2.75) is 77.0 Å². The second kappa shape index (κ2) is 6.56. The summed E-state index contributed by atoms with van der Waals surface area (Å²) in [6, 6.07) is 0.821. The summed E-state index contributed by atoms with van der Waals surface area (Å²) in [5, 5.41) is 9.56. The highest BCUT2D eigenvalue weighted by Crippen LogP contribution is 2.35. The summed E-state index contributed by atoms with van der Waals surface area (Å²) >= 11 is 0. The van der Waals surface area contributed by atoms with Crippen LogP contribution in [0.2, 0.25) is 0 Å². The maximum atomic E-state index is 12.2. The number of carbonyl (C=O) groups is 1. The van der Waals surface area contributed by atoms with Crippen LogP contribution < -0.4 is 0 Å². The quantitative estimate of drug-likeness (QED) is 0.794. The van der Waals surface area contributed by atoms with Crippen LogP contribution in [0.3, 0.4) is 0 Å². The predicted molar refractivity (Wildman–Crippen MR) is 76.7 cm³/mol. The number of fused-ring (bicyclic) bond motifs is 1. The Hall–Kier alpha value is -0.830. The van der Waals surface area contributed by atoms with Crippen molar-refractivity contribution in [3.05, 3.63) is 12.2 Å². The van der Waals surface area contributed by atoms with Crippen LogP contribution in [0.15, 0.2) is 12.2 Å². The standard InChI is InChI=1S/C16H27NO2/c1-3-15(18)8-4-6-13-10-12(2)11-14-7-5-9-16(19)17(13)14/h4,8,12-15,18H,3,5-7,9-11H2,1-2H3/b8-4+/t12-,13-,14?,15+/m1/s1. The zero-order valence-corrected chi connectivity index (χ0v) is 12.2. The molecule has 0 aromatic rings. The number of nitrogens with zero attached hydrogens (tertiary/aromatic N) is 1. The number of amides is 1. The highest BCUT2D eigenvalue weighted by molar-refractivity contribution is 5.77. The van der Waals surface area contributed by atoms with Crippen molar-refractivity contribution in [1.29, 1.82) is 0 Å². The minimum absolute atomic E-state index is 0.339. The number of aliphatic hydroxyl groups is 1. The highest BCUT2D eigenvalue weighted by Gasteiger charge is 2.38. The summed E-state index contributed by atoms with van der Waals surface area (Å²) in [5.41, 5.74) is 0. The van der Waals surface area contributed by atoms with Crippen molar-refractivity contribution in [3.8, 4) is 0 Å². The van der Waals surface area contributed by atoms with Gasteiger partial charge in [-0.15, -0.1) is 0 Å². The molecule has 4 atom stereocenters. The van der Waals surface area contributed by atoms with Gasteiger partial charge in [0.2, 0.25) is 5.91 Å². The molecule has 0 bridgehead atoms. The largest absolute Gasteiger partial charge is 0.389 e. The fraction of sp³-hybridized carbons (Fsp3) is 0.812. The van der Waals surface area contributed by atoms with E-state index in [2.05, 4.69) is 17.9 Å². The smallest absolute Gasteiger partial charge is 0.223 e. The van der Waals surface area contributed by atoms with E-state index in [0.29, 0.717) is 23.9 Å². The summed E-state index contributed by atoms with van der Waals surface area (Å²) in [4.78, 5) is 14.3. The molecule has 3 nitrogen and oxygen atoms in total. The molecule has 0 radical (unpaired) electrons. The van der Waals surface area contributed by atoms with Crippen molar-refractivity contribution in [2.75, 3.05) is 0 Å². The van der Waals surface area contributed by atoms with Crippen LogP contribution >= 0.6 is 0 Å². The summed E-state index contributed by atoms with van der Waals surface area (Å²) in [7, 11) is 0. The van der Waals surface area contributed by atoms with E-state index < -0.39 is 0 Å². The van der Waals surface area contributed by atoms with Crippen molar-refractivity contribution in [1.82, 2.24) is 4.90 Å². The molecule has 0 aromatic heterocycles. The maximum Gasteiger partial charge on any atom is 0.223 e. The van der Waals surface area contributed by atoms with E-state index in [4.69, 9.17) is 0 Å². The molecule has 0 spiro atoms. The van der Waals surface area contributed by atoms with Crippen LogP contribution in [0.5, 0.6) is 0 Å². The third kappa shape index (κ3) is 3.59. The van der Waals surface area contributed by atoms with Crippen LogP contribution in [-0.2, 0) is 4.79 Å². The van der Waals surface area contributed by atoms with Crippen molar-refractivity contribution in [3.63, 3.8) is 0 Å². The van der Waals surface area contributed by atoms with Crippen LogP contribution in [0.4, 0.5) is 0 Å². The SMILES string of the molecule is CC[C@H](O)/C=C/C[C@@H]1C[C@@H](C)CC2CCCC(=O)N21. The average molecular weight is 265 g/mol. The molecule has 0 aromatic carbocycles. The summed E-state index contributed by atoms with van der Waals surface area (Å²) in [5.74, 6) is 1.05. The lowest BCUT2D eigenvalue weighted by Gasteiger charge is -2.47. The highest BCUT2D eigenvalue weighted by atomic mass is 16.3.